The van der Waals surface area contributed by atoms with Crippen LogP contribution in [0.3, 0.4) is 0 Å². The SMILES string of the molecule is CCOc1cc(C(=O)N2CCN(C3CCCC3)CC2)c([N+](=O)[O-])cc1OC. The highest BCUT2D eigenvalue weighted by Crippen LogP contribution is 2.35. The zero-order chi connectivity index (χ0) is 19.4. The zero-order valence-electron chi connectivity index (χ0n) is 16.0. The Hall–Kier alpha value is -2.35. The molecule has 1 amide bonds. The van der Waals surface area contributed by atoms with Crippen molar-refractivity contribution in [3.05, 3.63) is 27.8 Å². The molecule has 27 heavy (non-hydrogen) atoms. The molecule has 8 heteroatoms. The van der Waals surface area contributed by atoms with E-state index in [2.05, 4.69) is 4.90 Å². The van der Waals surface area contributed by atoms with Crippen LogP contribution < -0.4 is 9.47 Å². The molecule has 2 fully saturated rings. The Kier molecular flexibility index (Phi) is 6.15. The number of rotatable bonds is 6. The van der Waals surface area contributed by atoms with Crippen LogP contribution in [0, 0.1) is 10.1 Å². The van der Waals surface area contributed by atoms with E-state index >= 15 is 0 Å². The van der Waals surface area contributed by atoms with Crippen molar-refractivity contribution in [2.24, 2.45) is 0 Å². The van der Waals surface area contributed by atoms with E-state index in [9.17, 15) is 14.9 Å². The third-order valence-electron chi connectivity index (χ3n) is 5.45. The highest BCUT2D eigenvalue weighted by molar-refractivity contribution is 5.99. The molecule has 148 valence electrons. The number of hydrogen-bond acceptors (Lipinski definition) is 6. The highest BCUT2D eigenvalue weighted by Gasteiger charge is 2.32. The van der Waals surface area contributed by atoms with Gasteiger partial charge in [0, 0.05) is 38.3 Å². The van der Waals surface area contributed by atoms with Crippen LogP contribution in [0.15, 0.2) is 12.1 Å². The molecule has 1 heterocycles. The number of nitrogens with zero attached hydrogens (tertiary/aromatic N) is 3. The Labute approximate surface area is 159 Å². The second-order valence-electron chi connectivity index (χ2n) is 6.98. The number of nitro benzene ring substituents is 1. The lowest BCUT2D eigenvalue weighted by Crippen LogP contribution is -2.51. The molecule has 1 aromatic rings. The molecule has 0 aromatic heterocycles. The van der Waals surface area contributed by atoms with E-state index in [0.717, 1.165) is 13.1 Å². The number of ether oxygens (including phenoxy) is 2. The van der Waals surface area contributed by atoms with Gasteiger partial charge in [-0.3, -0.25) is 19.8 Å². The molecule has 0 atom stereocenters. The van der Waals surface area contributed by atoms with E-state index in [1.54, 1.807) is 4.90 Å². The molecule has 0 radical (unpaired) electrons. The van der Waals surface area contributed by atoms with Gasteiger partial charge in [0.1, 0.15) is 5.56 Å². The summed E-state index contributed by atoms with van der Waals surface area (Å²) in [5, 5.41) is 11.5. The number of benzene rings is 1. The van der Waals surface area contributed by atoms with Crippen LogP contribution >= 0.6 is 0 Å². The Morgan fingerprint density at radius 2 is 1.85 bits per heavy atom. The largest absolute Gasteiger partial charge is 0.493 e. The van der Waals surface area contributed by atoms with E-state index in [4.69, 9.17) is 9.47 Å². The summed E-state index contributed by atoms with van der Waals surface area (Å²) in [6.07, 6.45) is 5.02. The Balaban J connectivity index is 1.79. The molecule has 0 spiro atoms. The third-order valence-corrected chi connectivity index (χ3v) is 5.45. The van der Waals surface area contributed by atoms with Crippen LogP contribution in [0.25, 0.3) is 0 Å². The summed E-state index contributed by atoms with van der Waals surface area (Å²) in [5.74, 6) is 0.279. The fraction of sp³-hybridized carbons (Fsp3) is 0.632. The maximum Gasteiger partial charge on any atom is 0.286 e. The maximum absolute atomic E-state index is 13.0. The van der Waals surface area contributed by atoms with Gasteiger partial charge in [-0.2, -0.15) is 0 Å². The fourth-order valence-electron chi connectivity index (χ4n) is 4.03. The van der Waals surface area contributed by atoms with Crippen LogP contribution in [0.5, 0.6) is 11.5 Å². The third kappa shape index (κ3) is 4.16. The van der Waals surface area contributed by atoms with Gasteiger partial charge >= 0.3 is 0 Å². The molecular weight excluding hydrogens is 350 g/mol. The van der Waals surface area contributed by atoms with Crippen LogP contribution in [0.4, 0.5) is 5.69 Å². The van der Waals surface area contributed by atoms with Gasteiger partial charge in [-0.15, -0.1) is 0 Å². The van der Waals surface area contributed by atoms with Crippen molar-refractivity contribution in [2.75, 3.05) is 39.9 Å². The quantitative estimate of drug-likeness (QED) is 0.560. The zero-order valence-corrected chi connectivity index (χ0v) is 16.0. The molecule has 3 rings (SSSR count). The number of methoxy groups -OCH3 is 1. The summed E-state index contributed by atoms with van der Waals surface area (Å²) >= 11 is 0. The van der Waals surface area contributed by atoms with Crippen molar-refractivity contribution in [3.8, 4) is 11.5 Å². The number of amides is 1. The van der Waals surface area contributed by atoms with Crippen molar-refractivity contribution in [3.63, 3.8) is 0 Å². The van der Waals surface area contributed by atoms with Gasteiger partial charge in [0.15, 0.2) is 11.5 Å². The Morgan fingerprint density at radius 3 is 2.41 bits per heavy atom. The van der Waals surface area contributed by atoms with Gasteiger partial charge < -0.3 is 14.4 Å². The molecule has 1 aromatic carbocycles. The first kappa shape index (κ1) is 19.4. The van der Waals surface area contributed by atoms with E-state index < -0.39 is 4.92 Å². The number of nitro groups is 1. The van der Waals surface area contributed by atoms with E-state index in [-0.39, 0.29) is 22.9 Å². The minimum atomic E-state index is -0.541. The molecule has 1 saturated carbocycles. The smallest absolute Gasteiger partial charge is 0.286 e. The predicted octanol–water partition coefficient (Wildman–Crippen LogP) is 2.70. The Morgan fingerprint density at radius 1 is 1.19 bits per heavy atom. The number of hydrogen-bond donors (Lipinski definition) is 0. The van der Waals surface area contributed by atoms with E-state index in [0.29, 0.717) is 31.5 Å². The fourth-order valence-corrected chi connectivity index (χ4v) is 4.03. The second kappa shape index (κ2) is 8.56. The number of piperazine rings is 1. The van der Waals surface area contributed by atoms with Crippen LogP contribution in [0.1, 0.15) is 43.0 Å². The standard InChI is InChI=1S/C19H27N3O5/c1-3-27-18-12-15(16(22(24)25)13-17(18)26-2)19(23)21-10-8-20(9-11-21)14-6-4-5-7-14/h12-14H,3-11H2,1-2H3. The summed E-state index contributed by atoms with van der Waals surface area (Å²) < 4.78 is 10.7. The van der Waals surface area contributed by atoms with Crippen molar-refractivity contribution >= 4 is 11.6 Å². The first-order valence-electron chi connectivity index (χ1n) is 9.57. The summed E-state index contributed by atoms with van der Waals surface area (Å²) in [6.45, 7) is 4.99. The first-order chi connectivity index (χ1) is 13.0. The average Bonchev–Trinajstić information content (AvgIpc) is 3.22. The first-order valence-corrected chi connectivity index (χ1v) is 9.57. The highest BCUT2D eigenvalue weighted by atomic mass is 16.6. The molecule has 8 nitrogen and oxygen atoms in total. The Bertz CT molecular complexity index is 695. The monoisotopic (exact) mass is 377 g/mol. The average molecular weight is 377 g/mol. The minimum Gasteiger partial charge on any atom is -0.493 e. The summed E-state index contributed by atoms with van der Waals surface area (Å²) in [6, 6.07) is 3.33. The van der Waals surface area contributed by atoms with E-state index in [1.807, 2.05) is 6.92 Å². The van der Waals surface area contributed by atoms with E-state index in [1.165, 1.54) is 44.9 Å². The summed E-state index contributed by atoms with van der Waals surface area (Å²) in [7, 11) is 1.42. The molecule has 0 unspecified atom stereocenters. The molecule has 2 aliphatic rings. The molecular formula is C19H27N3O5. The predicted molar refractivity (Wildman–Crippen MR) is 101 cm³/mol. The van der Waals surface area contributed by atoms with Gasteiger partial charge in [0.25, 0.3) is 11.6 Å². The van der Waals surface area contributed by atoms with Gasteiger partial charge in [-0.1, -0.05) is 12.8 Å². The van der Waals surface area contributed by atoms with Crippen LogP contribution in [-0.4, -0.2) is 66.6 Å². The van der Waals surface area contributed by atoms with Gasteiger partial charge in [-0.05, 0) is 19.8 Å². The summed E-state index contributed by atoms with van der Waals surface area (Å²) in [5.41, 5.74) is -0.197. The lowest BCUT2D eigenvalue weighted by Gasteiger charge is -2.38. The summed E-state index contributed by atoms with van der Waals surface area (Å²) in [4.78, 5) is 28.1. The molecule has 0 N–H and O–H groups in total. The molecule has 1 aliphatic heterocycles. The topological polar surface area (TPSA) is 85.2 Å². The molecule has 1 saturated heterocycles. The number of carbonyl (C=O) groups excluding carboxylic acids is 1. The van der Waals surface area contributed by atoms with Crippen molar-refractivity contribution in [1.29, 1.82) is 0 Å². The van der Waals surface area contributed by atoms with Crippen LogP contribution in [-0.2, 0) is 0 Å². The lowest BCUT2D eigenvalue weighted by atomic mass is 10.1. The van der Waals surface area contributed by atoms with Crippen molar-refractivity contribution in [2.45, 2.75) is 38.6 Å². The van der Waals surface area contributed by atoms with Gasteiger partial charge in [-0.25, -0.2) is 0 Å². The second-order valence-corrected chi connectivity index (χ2v) is 6.98. The van der Waals surface area contributed by atoms with Crippen molar-refractivity contribution < 1.29 is 19.2 Å². The molecule has 0 bridgehead atoms. The lowest BCUT2D eigenvalue weighted by molar-refractivity contribution is -0.385. The number of carbonyl (C=O) groups is 1. The van der Waals surface area contributed by atoms with Gasteiger partial charge in [0.2, 0.25) is 0 Å². The van der Waals surface area contributed by atoms with Gasteiger partial charge in [0.05, 0.1) is 24.7 Å². The van der Waals surface area contributed by atoms with Crippen LogP contribution in [0.2, 0.25) is 0 Å². The normalized spacial score (nSPS) is 18.5. The molecule has 1 aliphatic carbocycles. The maximum atomic E-state index is 13.0. The minimum absolute atomic E-state index is 0.0542. The van der Waals surface area contributed by atoms with Crippen molar-refractivity contribution in [1.82, 2.24) is 9.80 Å².